The maximum atomic E-state index is 13.6. The zero-order chi connectivity index (χ0) is 26.0. The van der Waals surface area contributed by atoms with Crippen LogP contribution in [0, 0.1) is 11.7 Å². The Labute approximate surface area is 215 Å². The number of nitrogens with one attached hydrogen (secondary N) is 1. The first-order chi connectivity index (χ1) is 17.7. The highest BCUT2D eigenvalue weighted by molar-refractivity contribution is 7.87. The van der Waals surface area contributed by atoms with Crippen LogP contribution in [0.2, 0.25) is 0 Å². The lowest BCUT2D eigenvalue weighted by atomic mass is 9.82. The monoisotopic (exact) mass is 539 g/mol. The molecule has 1 saturated carbocycles. The van der Waals surface area contributed by atoms with Crippen LogP contribution < -0.4 is 9.62 Å². The molecule has 0 unspecified atom stereocenters. The number of benzene rings is 1. The van der Waals surface area contributed by atoms with Gasteiger partial charge in [-0.2, -0.15) is 22.5 Å². The van der Waals surface area contributed by atoms with E-state index in [1.807, 2.05) is 17.0 Å². The molecular weight excluding hydrogens is 507 g/mol. The SMILES string of the molecule is O=S(=O)(N[C@H]1CCN(c2cccnn2)C[C@H]1COC1CCC(c2cccc(F)c2)CC1)N1CC(F)(F)C1. The zero-order valence-electron chi connectivity index (χ0n) is 20.5. The summed E-state index contributed by atoms with van der Waals surface area (Å²) in [4.78, 5) is 2.05. The van der Waals surface area contributed by atoms with Gasteiger partial charge in [0.25, 0.3) is 16.1 Å². The molecular formula is C25H32F3N5O3S. The Morgan fingerprint density at radius 3 is 2.54 bits per heavy atom. The fourth-order valence-corrected chi connectivity index (χ4v) is 7.07. The minimum Gasteiger partial charge on any atom is -0.378 e. The van der Waals surface area contributed by atoms with Gasteiger partial charge in [0.1, 0.15) is 5.82 Å². The van der Waals surface area contributed by atoms with Crippen molar-refractivity contribution in [2.24, 2.45) is 5.92 Å². The lowest BCUT2D eigenvalue weighted by Gasteiger charge is -2.42. The van der Waals surface area contributed by atoms with Crippen molar-refractivity contribution in [3.05, 3.63) is 54.0 Å². The quantitative estimate of drug-likeness (QED) is 0.554. The van der Waals surface area contributed by atoms with E-state index in [2.05, 4.69) is 14.9 Å². The molecule has 3 aliphatic rings. The molecule has 2 saturated heterocycles. The van der Waals surface area contributed by atoms with Gasteiger partial charge in [-0.15, -0.1) is 5.10 Å². The molecule has 2 aromatic rings. The Balaban J connectivity index is 1.20. The van der Waals surface area contributed by atoms with Crippen LogP contribution in [0.15, 0.2) is 42.6 Å². The van der Waals surface area contributed by atoms with E-state index < -0.39 is 35.3 Å². The Hall–Kier alpha value is -2.28. The van der Waals surface area contributed by atoms with Crippen LogP contribution in [0.25, 0.3) is 0 Å². The standard InChI is InChI=1S/C25H32F3N5O3S/c26-21-4-1-3-19(13-21)18-6-8-22(9-7-18)36-15-20-14-32(24-5-2-11-29-30-24)12-10-23(20)31-37(34,35)33-16-25(27,28)17-33/h1-5,11,13,18,20,22-23,31H,6-10,12,14-17H2/t18?,20-,22?,23-/m0/s1. The third kappa shape index (κ3) is 6.42. The van der Waals surface area contributed by atoms with Crippen LogP contribution in [-0.2, 0) is 14.9 Å². The summed E-state index contributed by atoms with van der Waals surface area (Å²) in [5.41, 5.74) is 1.01. The number of halogens is 3. The van der Waals surface area contributed by atoms with Crippen molar-refractivity contribution in [3.8, 4) is 0 Å². The van der Waals surface area contributed by atoms with Gasteiger partial charge in [0.15, 0.2) is 5.82 Å². The molecule has 0 amide bonds. The van der Waals surface area contributed by atoms with Gasteiger partial charge in [-0.25, -0.2) is 13.2 Å². The molecule has 1 N–H and O–H groups in total. The summed E-state index contributed by atoms with van der Waals surface area (Å²) >= 11 is 0. The maximum absolute atomic E-state index is 13.6. The van der Waals surface area contributed by atoms with Gasteiger partial charge >= 0.3 is 0 Å². The van der Waals surface area contributed by atoms with Crippen molar-refractivity contribution in [2.75, 3.05) is 37.7 Å². The first-order valence-corrected chi connectivity index (χ1v) is 14.2. The minimum absolute atomic E-state index is 0.0306. The number of piperidine rings is 1. The number of hydrogen-bond donors (Lipinski definition) is 1. The molecule has 5 rings (SSSR count). The Morgan fingerprint density at radius 1 is 1.08 bits per heavy atom. The van der Waals surface area contributed by atoms with Gasteiger partial charge in [-0.05, 0) is 67.9 Å². The van der Waals surface area contributed by atoms with Gasteiger partial charge in [-0.3, -0.25) is 0 Å². The fraction of sp³-hybridized carbons (Fsp3) is 0.600. The first kappa shape index (κ1) is 26.3. The van der Waals surface area contributed by atoms with E-state index in [-0.39, 0.29) is 17.8 Å². The normalized spacial score (nSPS) is 28.6. The predicted octanol–water partition coefficient (Wildman–Crippen LogP) is 3.34. The van der Waals surface area contributed by atoms with E-state index in [0.29, 0.717) is 37.9 Å². The molecule has 3 fully saturated rings. The smallest absolute Gasteiger partial charge is 0.280 e. The second-order valence-corrected chi connectivity index (χ2v) is 12.0. The topological polar surface area (TPSA) is 87.7 Å². The predicted molar refractivity (Wildman–Crippen MR) is 132 cm³/mol. The van der Waals surface area contributed by atoms with Gasteiger partial charge in [0.05, 0.1) is 25.8 Å². The van der Waals surface area contributed by atoms with Gasteiger partial charge in [-0.1, -0.05) is 12.1 Å². The molecule has 37 heavy (non-hydrogen) atoms. The number of hydrogen-bond acceptors (Lipinski definition) is 6. The lowest BCUT2D eigenvalue weighted by Crippen LogP contribution is -2.63. The highest BCUT2D eigenvalue weighted by atomic mass is 32.2. The van der Waals surface area contributed by atoms with Crippen LogP contribution in [0.1, 0.15) is 43.6 Å². The van der Waals surface area contributed by atoms with Gasteiger partial charge in [0, 0.05) is 31.2 Å². The van der Waals surface area contributed by atoms with Crippen molar-refractivity contribution in [2.45, 2.75) is 56.1 Å². The second kappa shape index (κ2) is 10.8. The van der Waals surface area contributed by atoms with Crippen molar-refractivity contribution in [1.82, 2.24) is 19.2 Å². The largest absolute Gasteiger partial charge is 0.378 e. The summed E-state index contributed by atoms with van der Waals surface area (Å²) in [5.74, 6) is -2.40. The van der Waals surface area contributed by atoms with Crippen molar-refractivity contribution in [1.29, 1.82) is 0 Å². The Morgan fingerprint density at radius 2 is 1.86 bits per heavy atom. The zero-order valence-corrected chi connectivity index (χ0v) is 21.3. The molecule has 3 heterocycles. The highest BCUT2D eigenvalue weighted by Gasteiger charge is 2.50. The molecule has 2 atom stereocenters. The highest BCUT2D eigenvalue weighted by Crippen LogP contribution is 2.35. The number of alkyl halides is 2. The first-order valence-electron chi connectivity index (χ1n) is 12.7. The van der Waals surface area contributed by atoms with Gasteiger partial charge in [0.2, 0.25) is 0 Å². The fourth-order valence-electron chi connectivity index (χ4n) is 5.51. The van der Waals surface area contributed by atoms with E-state index in [1.165, 1.54) is 6.07 Å². The third-order valence-corrected chi connectivity index (χ3v) is 9.15. The van der Waals surface area contributed by atoms with E-state index in [0.717, 1.165) is 35.6 Å². The maximum Gasteiger partial charge on any atom is 0.280 e. The average Bonchev–Trinajstić information content (AvgIpc) is 2.87. The molecule has 0 bridgehead atoms. The molecule has 1 aromatic carbocycles. The van der Waals surface area contributed by atoms with Crippen LogP contribution in [-0.4, -0.2) is 73.8 Å². The Bertz CT molecular complexity index is 1160. The van der Waals surface area contributed by atoms with Crippen LogP contribution in [0.3, 0.4) is 0 Å². The molecule has 202 valence electrons. The second-order valence-electron chi connectivity index (χ2n) is 10.3. The minimum atomic E-state index is -4.02. The molecule has 12 heteroatoms. The van der Waals surface area contributed by atoms with Crippen molar-refractivity contribution >= 4 is 16.0 Å². The van der Waals surface area contributed by atoms with Gasteiger partial charge < -0.3 is 9.64 Å². The van der Waals surface area contributed by atoms with Crippen molar-refractivity contribution < 1.29 is 26.3 Å². The molecule has 0 radical (unpaired) electrons. The number of aromatic nitrogens is 2. The molecule has 0 spiro atoms. The summed E-state index contributed by atoms with van der Waals surface area (Å²) in [6.07, 6.45) is 5.56. The number of anilines is 1. The summed E-state index contributed by atoms with van der Waals surface area (Å²) in [6, 6.07) is 9.94. The van der Waals surface area contributed by atoms with Crippen LogP contribution >= 0.6 is 0 Å². The van der Waals surface area contributed by atoms with E-state index >= 15 is 0 Å². The Kier molecular flexibility index (Phi) is 7.71. The molecule has 8 nitrogen and oxygen atoms in total. The summed E-state index contributed by atoms with van der Waals surface area (Å²) in [5, 5.41) is 8.11. The van der Waals surface area contributed by atoms with E-state index in [1.54, 1.807) is 24.4 Å². The van der Waals surface area contributed by atoms with Crippen LogP contribution in [0.4, 0.5) is 19.0 Å². The number of rotatable bonds is 8. The van der Waals surface area contributed by atoms with Crippen molar-refractivity contribution in [3.63, 3.8) is 0 Å². The number of nitrogens with zero attached hydrogens (tertiary/aromatic N) is 4. The summed E-state index contributed by atoms with van der Waals surface area (Å²) < 4.78 is 75.5. The molecule has 1 aliphatic carbocycles. The molecule has 2 aliphatic heterocycles. The molecule has 1 aromatic heterocycles. The summed E-state index contributed by atoms with van der Waals surface area (Å²) in [6.45, 7) is -0.208. The summed E-state index contributed by atoms with van der Waals surface area (Å²) in [7, 11) is -4.02. The number of ether oxygens (including phenoxy) is 1. The average molecular weight is 540 g/mol. The van der Waals surface area contributed by atoms with E-state index in [9.17, 15) is 21.6 Å². The lowest BCUT2D eigenvalue weighted by molar-refractivity contribution is -0.0952. The van der Waals surface area contributed by atoms with E-state index in [4.69, 9.17) is 4.74 Å². The van der Waals surface area contributed by atoms with Crippen LogP contribution in [0.5, 0.6) is 0 Å². The third-order valence-electron chi connectivity index (χ3n) is 7.61.